The molecule has 2 aromatic rings. The molecule has 0 saturated heterocycles. The molecule has 4 nitrogen and oxygen atoms in total. The van der Waals surface area contributed by atoms with E-state index >= 15 is 0 Å². The minimum atomic E-state index is -3.63. The van der Waals surface area contributed by atoms with Gasteiger partial charge in [-0.25, -0.2) is 13.1 Å². The SMILES string of the molecule is Cc1cc(N)c(S(=O)(=O)NCc2cccc(Br)c2)cc1C. The fraction of sp³-hybridized carbons (Fsp3) is 0.200. The average Bonchev–Trinajstić information content (AvgIpc) is 2.41. The van der Waals surface area contributed by atoms with Crippen LogP contribution in [-0.4, -0.2) is 8.42 Å². The Morgan fingerprint density at radius 1 is 1.14 bits per heavy atom. The summed E-state index contributed by atoms with van der Waals surface area (Å²) in [6.45, 7) is 3.98. The van der Waals surface area contributed by atoms with E-state index in [1.807, 2.05) is 38.1 Å². The van der Waals surface area contributed by atoms with Crippen molar-refractivity contribution in [2.24, 2.45) is 0 Å². The van der Waals surface area contributed by atoms with Gasteiger partial charge in [-0.3, -0.25) is 0 Å². The van der Waals surface area contributed by atoms with Crippen molar-refractivity contribution in [2.75, 3.05) is 5.73 Å². The van der Waals surface area contributed by atoms with E-state index in [0.29, 0.717) is 0 Å². The first-order valence-corrected chi connectivity index (χ1v) is 8.68. The highest BCUT2D eigenvalue weighted by molar-refractivity contribution is 9.10. The number of hydrogen-bond acceptors (Lipinski definition) is 3. The van der Waals surface area contributed by atoms with Crippen molar-refractivity contribution in [1.82, 2.24) is 4.72 Å². The highest BCUT2D eigenvalue weighted by Crippen LogP contribution is 2.23. The molecule has 112 valence electrons. The Kier molecular flexibility index (Phi) is 4.70. The normalized spacial score (nSPS) is 11.6. The fourth-order valence-corrected chi connectivity index (χ4v) is 3.61. The summed E-state index contributed by atoms with van der Waals surface area (Å²) in [5.74, 6) is 0. The van der Waals surface area contributed by atoms with Crippen molar-refractivity contribution in [3.8, 4) is 0 Å². The zero-order valence-corrected chi connectivity index (χ0v) is 14.3. The van der Waals surface area contributed by atoms with E-state index in [9.17, 15) is 8.42 Å². The van der Waals surface area contributed by atoms with Crippen LogP contribution in [0.3, 0.4) is 0 Å². The Morgan fingerprint density at radius 3 is 2.48 bits per heavy atom. The molecule has 0 spiro atoms. The molecule has 0 aliphatic carbocycles. The maximum atomic E-state index is 12.4. The molecule has 0 saturated carbocycles. The standard InChI is InChI=1S/C15H17BrN2O2S/c1-10-6-14(17)15(7-11(10)2)21(19,20)18-9-12-4-3-5-13(16)8-12/h3-8,18H,9,17H2,1-2H3. The number of nitrogens with two attached hydrogens (primary N) is 1. The minimum absolute atomic E-state index is 0.126. The Bertz CT molecular complexity index is 773. The lowest BCUT2D eigenvalue weighted by Gasteiger charge is -2.11. The monoisotopic (exact) mass is 368 g/mol. The Morgan fingerprint density at radius 2 is 1.81 bits per heavy atom. The third-order valence-electron chi connectivity index (χ3n) is 3.27. The highest BCUT2D eigenvalue weighted by atomic mass is 79.9. The summed E-state index contributed by atoms with van der Waals surface area (Å²) in [4.78, 5) is 0.126. The van der Waals surface area contributed by atoms with Crippen LogP contribution in [0.5, 0.6) is 0 Å². The zero-order chi connectivity index (χ0) is 15.6. The van der Waals surface area contributed by atoms with Crippen LogP contribution in [0, 0.1) is 13.8 Å². The molecule has 0 bridgehead atoms. The van der Waals surface area contributed by atoms with Crippen molar-refractivity contribution < 1.29 is 8.42 Å². The molecule has 0 amide bonds. The van der Waals surface area contributed by atoms with Crippen LogP contribution in [0.4, 0.5) is 5.69 Å². The number of sulfonamides is 1. The lowest BCUT2D eigenvalue weighted by atomic mass is 10.1. The summed E-state index contributed by atoms with van der Waals surface area (Å²) < 4.78 is 28.2. The first-order valence-electron chi connectivity index (χ1n) is 6.40. The molecule has 21 heavy (non-hydrogen) atoms. The molecular weight excluding hydrogens is 352 g/mol. The number of aryl methyl sites for hydroxylation is 2. The minimum Gasteiger partial charge on any atom is -0.398 e. The number of benzene rings is 2. The molecule has 0 radical (unpaired) electrons. The van der Waals surface area contributed by atoms with Gasteiger partial charge >= 0.3 is 0 Å². The van der Waals surface area contributed by atoms with E-state index < -0.39 is 10.0 Å². The third kappa shape index (κ3) is 3.84. The molecule has 2 aromatic carbocycles. The van der Waals surface area contributed by atoms with Crippen LogP contribution < -0.4 is 10.5 Å². The fourth-order valence-electron chi connectivity index (χ4n) is 1.95. The number of hydrogen-bond donors (Lipinski definition) is 2. The van der Waals surface area contributed by atoms with Crippen LogP contribution in [-0.2, 0) is 16.6 Å². The van der Waals surface area contributed by atoms with E-state index in [1.54, 1.807) is 12.1 Å². The van der Waals surface area contributed by atoms with E-state index in [1.165, 1.54) is 0 Å². The second kappa shape index (κ2) is 6.17. The average molecular weight is 369 g/mol. The van der Waals surface area contributed by atoms with Crippen molar-refractivity contribution in [3.05, 3.63) is 57.6 Å². The number of nitrogen functional groups attached to an aromatic ring is 1. The lowest BCUT2D eigenvalue weighted by Crippen LogP contribution is -2.24. The molecule has 3 N–H and O–H groups in total. The highest BCUT2D eigenvalue weighted by Gasteiger charge is 2.18. The van der Waals surface area contributed by atoms with E-state index in [4.69, 9.17) is 5.73 Å². The van der Waals surface area contributed by atoms with Gasteiger partial charge in [0, 0.05) is 11.0 Å². The van der Waals surface area contributed by atoms with Crippen molar-refractivity contribution in [3.63, 3.8) is 0 Å². The molecule has 6 heteroatoms. The van der Waals surface area contributed by atoms with E-state index in [-0.39, 0.29) is 17.1 Å². The quantitative estimate of drug-likeness (QED) is 0.814. The first kappa shape index (κ1) is 16.0. The molecule has 0 aromatic heterocycles. The number of nitrogens with one attached hydrogen (secondary N) is 1. The van der Waals surface area contributed by atoms with Gasteiger partial charge in [-0.2, -0.15) is 0 Å². The first-order chi connectivity index (χ1) is 9.79. The molecule has 0 aliphatic rings. The van der Waals surface area contributed by atoms with Crippen molar-refractivity contribution in [2.45, 2.75) is 25.3 Å². The smallest absolute Gasteiger partial charge is 0.242 e. The van der Waals surface area contributed by atoms with Crippen molar-refractivity contribution >= 4 is 31.6 Å². The molecular formula is C15H17BrN2O2S. The predicted molar refractivity (Wildman–Crippen MR) is 88.5 cm³/mol. The molecule has 2 rings (SSSR count). The van der Waals surface area contributed by atoms with Crippen molar-refractivity contribution in [1.29, 1.82) is 0 Å². The maximum absolute atomic E-state index is 12.4. The Labute approximate surface area is 133 Å². The lowest BCUT2D eigenvalue weighted by molar-refractivity contribution is 0.581. The third-order valence-corrected chi connectivity index (χ3v) is 5.22. The van der Waals surface area contributed by atoms with Gasteiger partial charge in [-0.15, -0.1) is 0 Å². The molecule has 0 atom stereocenters. The largest absolute Gasteiger partial charge is 0.398 e. The molecule has 0 heterocycles. The zero-order valence-electron chi connectivity index (χ0n) is 11.9. The van der Waals surface area contributed by atoms with Crippen LogP contribution >= 0.6 is 15.9 Å². The van der Waals surface area contributed by atoms with Gasteiger partial charge in [0.05, 0.1) is 5.69 Å². The van der Waals surface area contributed by atoms with Gasteiger partial charge in [0.1, 0.15) is 4.90 Å². The molecule has 0 aliphatic heterocycles. The van der Waals surface area contributed by atoms with Gasteiger partial charge in [-0.1, -0.05) is 28.1 Å². The van der Waals surface area contributed by atoms with Gasteiger partial charge in [0.25, 0.3) is 0 Å². The molecule has 0 unspecified atom stereocenters. The van der Waals surface area contributed by atoms with Gasteiger partial charge < -0.3 is 5.73 Å². The Hall–Kier alpha value is -1.37. The summed E-state index contributed by atoms with van der Waals surface area (Å²) in [5, 5.41) is 0. The summed E-state index contributed by atoms with van der Waals surface area (Å²) in [5.41, 5.74) is 8.84. The number of halogens is 1. The second-order valence-electron chi connectivity index (χ2n) is 4.93. The van der Waals surface area contributed by atoms with Gasteiger partial charge in [0.2, 0.25) is 10.0 Å². The van der Waals surface area contributed by atoms with Gasteiger partial charge in [0.15, 0.2) is 0 Å². The van der Waals surface area contributed by atoms with Crippen LogP contribution in [0.15, 0.2) is 45.8 Å². The number of anilines is 1. The number of rotatable bonds is 4. The topological polar surface area (TPSA) is 72.2 Å². The van der Waals surface area contributed by atoms with Crippen LogP contribution in [0.25, 0.3) is 0 Å². The summed E-state index contributed by atoms with van der Waals surface area (Å²) in [7, 11) is -3.63. The molecule has 0 fully saturated rings. The summed E-state index contributed by atoms with van der Waals surface area (Å²) >= 11 is 3.36. The predicted octanol–water partition coefficient (Wildman–Crippen LogP) is 3.13. The van der Waals surface area contributed by atoms with E-state index in [0.717, 1.165) is 21.2 Å². The second-order valence-corrected chi connectivity index (χ2v) is 7.58. The summed E-state index contributed by atoms with van der Waals surface area (Å²) in [6.07, 6.45) is 0. The van der Waals surface area contributed by atoms with E-state index in [2.05, 4.69) is 20.7 Å². The van der Waals surface area contributed by atoms with Gasteiger partial charge in [-0.05, 0) is 54.8 Å². The Balaban J connectivity index is 2.25. The summed E-state index contributed by atoms with van der Waals surface area (Å²) in [6, 6.07) is 10.8. The maximum Gasteiger partial charge on any atom is 0.242 e. The van der Waals surface area contributed by atoms with Crippen LogP contribution in [0.1, 0.15) is 16.7 Å². The van der Waals surface area contributed by atoms with Crippen LogP contribution in [0.2, 0.25) is 0 Å².